The van der Waals surface area contributed by atoms with Gasteiger partial charge in [0.05, 0.1) is 6.04 Å². The Morgan fingerprint density at radius 1 is 1.35 bits per heavy atom. The van der Waals surface area contributed by atoms with Gasteiger partial charge in [-0.2, -0.15) is 0 Å². The Labute approximate surface area is 101 Å². The lowest BCUT2D eigenvalue weighted by Gasteiger charge is -2.15. The first-order valence-corrected chi connectivity index (χ1v) is 5.73. The zero-order valence-electron chi connectivity index (χ0n) is 10.2. The summed E-state index contributed by atoms with van der Waals surface area (Å²) in [4.78, 5) is 4.25. The number of hydrogen-bond donors (Lipinski definition) is 2. The molecule has 0 radical (unpaired) electrons. The Balaban J connectivity index is 2.09. The van der Waals surface area contributed by atoms with E-state index in [1.54, 1.807) is 6.20 Å². The average Bonchev–Trinajstić information content (AvgIpc) is 2.75. The minimum atomic E-state index is 0.225. The standard InChI is InChI=1S/C13H18N4/c1-10(16-13-15-7-8-17(13)2)12-5-3-11(9-14)4-6-12/h3-8,10H,9,14H2,1-2H3,(H,15,16). The maximum Gasteiger partial charge on any atom is 0.202 e. The van der Waals surface area contributed by atoms with Gasteiger partial charge >= 0.3 is 0 Å². The van der Waals surface area contributed by atoms with Crippen LogP contribution >= 0.6 is 0 Å². The van der Waals surface area contributed by atoms with Crippen LogP contribution in [0.4, 0.5) is 5.95 Å². The minimum absolute atomic E-state index is 0.225. The van der Waals surface area contributed by atoms with Gasteiger partial charge in [0.25, 0.3) is 0 Å². The number of hydrogen-bond acceptors (Lipinski definition) is 3. The highest BCUT2D eigenvalue weighted by Crippen LogP contribution is 2.17. The summed E-state index contributed by atoms with van der Waals surface area (Å²) >= 11 is 0. The predicted octanol–water partition coefficient (Wildman–Crippen LogP) is 2.05. The number of anilines is 1. The smallest absolute Gasteiger partial charge is 0.202 e. The van der Waals surface area contributed by atoms with Crippen LogP contribution in [0.25, 0.3) is 0 Å². The predicted molar refractivity (Wildman–Crippen MR) is 69.6 cm³/mol. The highest BCUT2D eigenvalue weighted by atomic mass is 15.2. The normalized spacial score (nSPS) is 12.4. The van der Waals surface area contributed by atoms with Crippen LogP contribution < -0.4 is 11.1 Å². The maximum absolute atomic E-state index is 5.58. The topological polar surface area (TPSA) is 55.9 Å². The largest absolute Gasteiger partial charge is 0.349 e. The van der Waals surface area contributed by atoms with Crippen molar-refractivity contribution in [2.45, 2.75) is 19.5 Å². The molecule has 2 aromatic rings. The second-order valence-corrected chi connectivity index (χ2v) is 4.17. The molecule has 1 atom stereocenters. The molecule has 1 unspecified atom stereocenters. The average molecular weight is 230 g/mol. The van der Waals surface area contributed by atoms with E-state index in [9.17, 15) is 0 Å². The molecule has 1 aromatic carbocycles. The van der Waals surface area contributed by atoms with E-state index in [4.69, 9.17) is 5.73 Å². The van der Waals surface area contributed by atoms with Gasteiger partial charge in [0.2, 0.25) is 5.95 Å². The number of nitrogens with one attached hydrogen (secondary N) is 1. The molecule has 1 heterocycles. The van der Waals surface area contributed by atoms with Gasteiger partial charge in [-0.05, 0) is 18.1 Å². The summed E-state index contributed by atoms with van der Waals surface area (Å²) in [5.74, 6) is 0.875. The van der Waals surface area contributed by atoms with Crippen LogP contribution in [0.1, 0.15) is 24.1 Å². The van der Waals surface area contributed by atoms with Crippen molar-refractivity contribution in [2.75, 3.05) is 5.32 Å². The number of aryl methyl sites for hydroxylation is 1. The molecular weight excluding hydrogens is 212 g/mol. The summed E-state index contributed by atoms with van der Waals surface area (Å²) in [6.45, 7) is 2.70. The number of benzene rings is 1. The molecular formula is C13H18N4. The summed E-state index contributed by atoms with van der Waals surface area (Å²) in [6, 6.07) is 8.55. The highest BCUT2D eigenvalue weighted by Gasteiger charge is 2.07. The molecule has 4 heteroatoms. The molecule has 4 nitrogen and oxygen atoms in total. The van der Waals surface area contributed by atoms with Crippen LogP contribution in [0.3, 0.4) is 0 Å². The molecule has 1 aromatic heterocycles. The van der Waals surface area contributed by atoms with Crippen molar-refractivity contribution in [3.63, 3.8) is 0 Å². The number of rotatable bonds is 4. The number of nitrogens with two attached hydrogens (primary N) is 1. The summed E-state index contributed by atoms with van der Waals surface area (Å²) in [6.07, 6.45) is 3.71. The first kappa shape index (κ1) is 11.7. The number of nitrogens with zero attached hydrogens (tertiary/aromatic N) is 2. The first-order valence-electron chi connectivity index (χ1n) is 5.73. The fourth-order valence-corrected chi connectivity index (χ4v) is 1.72. The van der Waals surface area contributed by atoms with Gasteiger partial charge in [0, 0.05) is 26.0 Å². The molecule has 3 N–H and O–H groups in total. The van der Waals surface area contributed by atoms with E-state index >= 15 is 0 Å². The van der Waals surface area contributed by atoms with Crippen molar-refractivity contribution >= 4 is 5.95 Å². The Bertz CT molecular complexity index is 472. The quantitative estimate of drug-likeness (QED) is 0.845. The molecule has 0 fully saturated rings. The molecule has 0 aliphatic carbocycles. The third-order valence-electron chi connectivity index (χ3n) is 2.88. The van der Waals surface area contributed by atoms with Gasteiger partial charge in [-0.3, -0.25) is 0 Å². The highest BCUT2D eigenvalue weighted by molar-refractivity contribution is 5.33. The van der Waals surface area contributed by atoms with E-state index in [1.807, 2.05) is 17.8 Å². The molecule has 0 aliphatic heterocycles. The van der Waals surface area contributed by atoms with Crippen LogP contribution in [0.15, 0.2) is 36.7 Å². The third-order valence-corrected chi connectivity index (χ3v) is 2.88. The molecule has 2 rings (SSSR count). The van der Waals surface area contributed by atoms with E-state index in [0.29, 0.717) is 6.54 Å². The molecule has 0 amide bonds. The SMILES string of the molecule is CC(Nc1nccn1C)c1ccc(CN)cc1. The fraction of sp³-hybridized carbons (Fsp3) is 0.308. The monoisotopic (exact) mass is 230 g/mol. The third kappa shape index (κ3) is 2.65. The maximum atomic E-state index is 5.58. The van der Waals surface area contributed by atoms with Gasteiger partial charge in [-0.15, -0.1) is 0 Å². The fourth-order valence-electron chi connectivity index (χ4n) is 1.72. The van der Waals surface area contributed by atoms with Gasteiger partial charge in [-0.1, -0.05) is 24.3 Å². The second-order valence-electron chi connectivity index (χ2n) is 4.17. The van der Waals surface area contributed by atoms with Crippen LogP contribution in [-0.2, 0) is 13.6 Å². The minimum Gasteiger partial charge on any atom is -0.349 e. The van der Waals surface area contributed by atoms with Crippen LogP contribution in [0.2, 0.25) is 0 Å². The van der Waals surface area contributed by atoms with Gasteiger partial charge in [0.15, 0.2) is 0 Å². The van der Waals surface area contributed by atoms with Crippen molar-refractivity contribution in [3.05, 3.63) is 47.8 Å². The van der Waals surface area contributed by atoms with E-state index in [1.165, 1.54) is 5.56 Å². The zero-order chi connectivity index (χ0) is 12.3. The van der Waals surface area contributed by atoms with Crippen molar-refractivity contribution in [1.29, 1.82) is 0 Å². The summed E-state index contributed by atoms with van der Waals surface area (Å²) in [7, 11) is 1.97. The van der Waals surface area contributed by atoms with E-state index in [0.717, 1.165) is 11.5 Å². The lowest BCUT2D eigenvalue weighted by atomic mass is 10.1. The van der Waals surface area contributed by atoms with E-state index < -0.39 is 0 Å². The molecule has 0 spiro atoms. The summed E-state index contributed by atoms with van der Waals surface area (Å²) in [5, 5.41) is 3.36. The summed E-state index contributed by atoms with van der Waals surface area (Å²) in [5.41, 5.74) is 7.95. The van der Waals surface area contributed by atoms with E-state index in [-0.39, 0.29) is 6.04 Å². The Morgan fingerprint density at radius 3 is 2.59 bits per heavy atom. The van der Waals surface area contributed by atoms with E-state index in [2.05, 4.69) is 41.5 Å². The molecule has 17 heavy (non-hydrogen) atoms. The van der Waals surface area contributed by atoms with Crippen molar-refractivity contribution < 1.29 is 0 Å². The lowest BCUT2D eigenvalue weighted by molar-refractivity contribution is 0.822. The summed E-state index contributed by atoms with van der Waals surface area (Å²) < 4.78 is 1.96. The Hall–Kier alpha value is -1.81. The lowest BCUT2D eigenvalue weighted by Crippen LogP contribution is -2.10. The first-order chi connectivity index (χ1) is 8.20. The van der Waals surface area contributed by atoms with Crippen LogP contribution in [-0.4, -0.2) is 9.55 Å². The Morgan fingerprint density at radius 2 is 2.06 bits per heavy atom. The number of imidazole rings is 1. The molecule has 0 aliphatic rings. The molecule has 0 saturated heterocycles. The van der Waals surface area contributed by atoms with Gasteiger partial charge in [0.1, 0.15) is 0 Å². The molecule has 0 bridgehead atoms. The Kier molecular flexibility index (Phi) is 3.44. The van der Waals surface area contributed by atoms with Crippen molar-refractivity contribution in [2.24, 2.45) is 12.8 Å². The number of aromatic nitrogens is 2. The molecule has 0 saturated carbocycles. The van der Waals surface area contributed by atoms with Gasteiger partial charge < -0.3 is 15.6 Å². The van der Waals surface area contributed by atoms with Gasteiger partial charge in [-0.25, -0.2) is 4.98 Å². The van der Waals surface area contributed by atoms with Crippen molar-refractivity contribution in [3.8, 4) is 0 Å². The second kappa shape index (κ2) is 5.01. The zero-order valence-corrected chi connectivity index (χ0v) is 10.2. The van der Waals surface area contributed by atoms with Crippen LogP contribution in [0.5, 0.6) is 0 Å². The van der Waals surface area contributed by atoms with Crippen LogP contribution in [0, 0.1) is 0 Å². The molecule has 90 valence electrons. The van der Waals surface area contributed by atoms with Crippen molar-refractivity contribution in [1.82, 2.24) is 9.55 Å².